The summed E-state index contributed by atoms with van der Waals surface area (Å²) < 4.78 is 0.752. The van der Waals surface area contributed by atoms with Crippen LogP contribution in [0, 0.1) is 13.8 Å². The lowest BCUT2D eigenvalue weighted by molar-refractivity contribution is 0.318. The van der Waals surface area contributed by atoms with Gasteiger partial charge in [-0.3, -0.25) is 0 Å². The molecule has 20 heavy (non-hydrogen) atoms. The van der Waals surface area contributed by atoms with Gasteiger partial charge in [0.15, 0.2) is 11.0 Å². The number of rotatable bonds is 3. The SMILES string of the molecule is Cc1cc(C)nc(Sc2ccc(/C(N)=N/O)c(Br)c2)n1. The van der Waals surface area contributed by atoms with Crippen LogP contribution in [-0.4, -0.2) is 21.0 Å². The Morgan fingerprint density at radius 1 is 1.25 bits per heavy atom. The number of benzene rings is 1. The predicted molar refractivity (Wildman–Crippen MR) is 82.3 cm³/mol. The molecule has 0 amide bonds. The van der Waals surface area contributed by atoms with Crippen LogP contribution in [0.4, 0.5) is 0 Å². The van der Waals surface area contributed by atoms with Gasteiger partial charge in [0, 0.05) is 26.3 Å². The molecular weight excluding hydrogens is 340 g/mol. The predicted octanol–water partition coefficient (Wildman–Crippen LogP) is 3.10. The van der Waals surface area contributed by atoms with E-state index in [1.54, 1.807) is 6.07 Å². The molecule has 104 valence electrons. The van der Waals surface area contributed by atoms with E-state index in [2.05, 4.69) is 31.1 Å². The number of halogens is 1. The minimum Gasteiger partial charge on any atom is -0.409 e. The van der Waals surface area contributed by atoms with E-state index >= 15 is 0 Å². The summed E-state index contributed by atoms with van der Waals surface area (Å²) in [5.74, 6) is 0.0658. The fraction of sp³-hybridized carbons (Fsp3) is 0.154. The lowest BCUT2D eigenvalue weighted by Crippen LogP contribution is -2.13. The first-order valence-corrected chi connectivity index (χ1v) is 7.38. The van der Waals surface area contributed by atoms with Crippen molar-refractivity contribution in [3.05, 3.63) is 45.7 Å². The normalized spacial score (nSPS) is 11.7. The van der Waals surface area contributed by atoms with Crippen molar-refractivity contribution in [3.63, 3.8) is 0 Å². The van der Waals surface area contributed by atoms with Crippen LogP contribution in [0.3, 0.4) is 0 Å². The van der Waals surface area contributed by atoms with Crippen molar-refractivity contribution in [2.24, 2.45) is 10.9 Å². The molecule has 2 rings (SSSR count). The number of oxime groups is 1. The van der Waals surface area contributed by atoms with E-state index in [0.717, 1.165) is 20.8 Å². The van der Waals surface area contributed by atoms with Gasteiger partial charge in [-0.2, -0.15) is 0 Å². The summed E-state index contributed by atoms with van der Waals surface area (Å²) in [6, 6.07) is 7.48. The summed E-state index contributed by atoms with van der Waals surface area (Å²) in [7, 11) is 0. The Labute approximate surface area is 129 Å². The molecule has 2 aromatic rings. The average Bonchev–Trinajstić information content (AvgIpc) is 2.36. The van der Waals surface area contributed by atoms with E-state index in [1.807, 2.05) is 32.0 Å². The second kappa shape index (κ2) is 6.23. The molecule has 0 aliphatic heterocycles. The molecule has 1 heterocycles. The third-order valence-electron chi connectivity index (χ3n) is 2.50. The van der Waals surface area contributed by atoms with Crippen molar-refractivity contribution in [3.8, 4) is 0 Å². The van der Waals surface area contributed by atoms with Gasteiger partial charge in [0.25, 0.3) is 0 Å². The molecule has 1 aromatic carbocycles. The molecule has 0 radical (unpaired) electrons. The summed E-state index contributed by atoms with van der Waals surface area (Å²) in [5.41, 5.74) is 8.09. The second-order valence-electron chi connectivity index (χ2n) is 4.16. The molecule has 5 nitrogen and oxygen atoms in total. The number of aromatic nitrogens is 2. The first kappa shape index (κ1) is 14.8. The summed E-state index contributed by atoms with van der Waals surface area (Å²) >= 11 is 4.87. The number of amidine groups is 1. The highest BCUT2D eigenvalue weighted by molar-refractivity contribution is 9.10. The number of hydrogen-bond acceptors (Lipinski definition) is 5. The van der Waals surface area contributed by atoms with Crippen LogP contribution in [0.25, 0.3) is 0 Å². The van der Waals surface area contributed by atoms with E-state index in [1.165, 1.54) is 11.8 Å². The van der Waals surface area contributed by atoms with Gasteiger partial charge in [0.05, 0.1) is 0 Å². The highest BCUT2D eigenvalue weighted by Gasteiger charge is 2.08. The zero-order valence-electron chi connectivity index (χ0n) is 11.0. The zero-order chi connectivity index (χ0) is 14.7. The summed E-state index contributed by atoms with van der Waals surface area (Å²) in [4.78, 5) is 9.73. The average molecular weight is 353 g/mol. The van der Waals surface area contributed by atoms with E-state index in [-0.39, 0.29) is 5.84 Å². The quantitative estimate of drug-likeness (QED) is 0.291. The van der Waals surface area contributed by atoms with Gasteiger partial charge in [-0.05, 0) is 65.8 Å². The Hall–Kier alpha value is -1.60. The third kappa shape index (κ3) is 3.49. The summed E-state index contributed by atoms with van der Waals surface area (Å²) in [5, 5.41) is 12.4. The van der Waals surface area contributed by atoms with Gasteiger partial charge >= 0.3 is 0 Å². The standard InChI is InChI=1S/C13H13BrN4OS/c1-7-5-8(2)17-13(16-7)20-9-3-4-10(11(14)6-9)12(15)18-19/h3-6,19H,1-2H3,(H2,15,18). The fourth-order valence-electron chi connectivity index (χ4n) is 1.67. The maximum absolute atomic E-state index is 8.70. The van der Waals surface area contributed by atoms with Crippen LogP contribution in [0.1, 0.15) is 17.0 Å². The van der Waals surface area contributed by atoms with Gasteiger partial charge in [-0.1, -0.05) is 5.16 Å². The van der Waals surface area contributed by atoms with Gasteiger partial charge in [-0.15, -0.1) is 0 Å². The molecule has 0 fully saturated rings. The van der Waals surface area contributed by atoms with Gasteiger partial charge < -0.3 is 10.9 Å². The smallest absolute Gasteiger partial charge is 0.192 e. The summed E-state index contributed by atoms with van der Waals surface area (Å²) in [6.07, 6.45) is 0. The number of nitrogens with zero attached hydrogens (tertiary/aromatic N) is 3. The Morgan fingerprint density at radius 3 is 2.45 bits per heavy atom. The maximum Gasteiger partial charge on any atom is 0.192 e. The first-order valence-electron chi connectivity index (χ1n) is 5.77. The zero-order valence-corrected chi connectivity index (χ0v) is 13.4. The molecule has 0 saturated heterocycles. The van der Waals surface area contributed by atoms with Crippen LogP contribution >= 0.6 is 27.7 Å². The number of hydrogen-bond donors (Lipinski definition) is 2. The second-order valence-corrected chi connectivity index (χ2v) is 6.06. The lowest BCUT2D eigenvalue weighted by Gasteiger charge is -2.06. The van der Waals surface area contributed by atoms with Crippen LogP contribution in [0.15, 0.2) is 43.9 Å². The molecule has 0 atom stereocenters. The van der Waals surface area contributed by atoms with E-state index in [0.29, 0.717) is 10.7 Å². The fourth-order valence-corrected chi connectivity index (χ4v) is 3.30. The van der Waals surface area contributed by atoms with Crippen molar-refractivity contribution < 1.29 is 5.21 Å². The lowest BCUT2D eigenvalue weighted by atomic mass is 10.2. The molecule has 3 N–H and O–H groups in total. The topological polar surface area (TPSA) is 84.4 Å². The molecular formula is C13H13BrN4OS. The Kier molecular flexibility index (Phi) is 4.61. The Balaban J connectivity index is 2.28. The minimum absolute atomic E-state index is 0.0658. The van der Waals surface area contributed by atoms with Gasteiger partial charge in [0.1, 0.15) is 0 Å². The molecule has 1 aromatic heterocycles. The van der Waals surface area contributed by atoms with Crippen LogP contribution in [0.5, 0.6) is 0 Å². The van der Waals surface area contributed by atoms with Crippen molar-refractivity contribution in [1.82, 2.24) is 9.97 Å². The molecule has 0 saturated carbocycles. The van der Waals surface area contributed by atoms with Crippen molar-refractivity contribution in [2.45, 2.75) is 23.9 Å². The van der Waals surface area contributed by atoms with Crippen LogP contribution < -0.4 is 5.73 Å². The van der Waals surface area contributed by atoms with E-state index in [9.17, 15) is 0 Å². The third-order valence-corrected chi connectivity index (χ3v) is 4.01. The molecule has 0 unspecified atom stereocenters. The molecule has 0 spiro atoms. The monoisotopic (exact) mass is 352 g/mol. The Morgan fingerprint density at radius 2 is 1.90 bits per heavy atom. The first-order chi connectivity index (χ1) is 9.49. The highest BCUT2D eigenvalue weighted by Crippen LogP contribution is 2.29. The molecule has 0 bridgehead atoms. The van der Waals surface area contributed by atoms with Crippen molar-refractivity contribution in [1.29, 1.82) is 0 Å². The van der Waals surface area contributed by atoms with Crippen molar-refractivity contribution in [2.75, 3.05) is 0 Å². The highest BCUT2D eigenvalue weighted by atomic mass is 79.9. The summed E-state index contributed by atoms with van der Waals surface area (Å²) in [6.45, 7) is 3.88. The molecule has 0 aliphatic carbocycles. The van der Waals surface area contributed by atoms with Crippen molar-refractivity contribution >= 4 is 33.5 Å². The molecule has 0 aliphatic rings. The largest absolute Gasteiger partial charge is 0.409 e. The van der Waals surface area contributed by atoms with E-state index in [4.69, 9.17) is 10.9 Å². The Bertz CT molecular complexity index is 655. The number of aryl methyl sites for hydroxylation is 2. The number of nitrogens with two attached hydrogens (primary N) is 1. The van der Waals surface area contributed by atoms with Gasteiger partial charge in [-0.25, -0.2) is 9.97 Å². The van der Waals surface area contributed by atoms with Gasteiger partial charge in [0.2, 0.25) is 0 Å². The van der Waals surface area contributed by atoms with E-state index < -0.39 is 0 Å². The van der Waals surface area contributed by atoms with Crippen LogP contribution in [0.2, 0.25) is 0 Å². The molecule has 7 heteroatoms. The van der Waals surface area contributed by atoms with Crippen LogP contribution in [-0.2, 0) is 0 Å². The maximum atomic E-state index is 8.70. The minimum atomic E-state index is 0.0658.